The molecule has 1 unspecified atom stereocenters. The van der Waals surface area contributed by atoms with E-state index in [2.05, 4.69) is 5.32 Å². The minimum Gasteiger partial charge on any atom is -0.394 e. The Labute approximate surface area is 125 Å². The fourth-order valence-electron chi connectivity index (χ4n) is 1.84. The molecule has 2 atom stereocenters. The molecule has 7 heteroatoms. The van der Waals surface area contributed by atoms with Crippen molar-refractivity contribution in [2.75, 3.05) is 18.6 Å². The van der Waals surface area contributed by atoms with Crippen LogP contribution in [-0.2, 0) is 21.1 Å². The largest absolute Gasteiger partial charge is 0.394 e. The van der Waals surface area contributed by atoms with Crippen molar-refractivity contribution in [2.45, 2.75) is 24.9 Å². The van der Waals surface area contributed by atoms with Gasteiger partial charge in [0, 0.05) is 6.26 Å². The summed E-state index contributed by atoms with van der Waals surface area (Å²) >= 11 is 0. The molecule has 1 aromatic carbocycles. The van der Waals surface area contributed by atoms with Crippen LogP contribution < -0.4 is 11.1 Å². The molecule has 21 heavy (non-hydrogen) atoms. The maximum Gasteiger partial charge on any atom is 0.237 e. The molecule has 0 radical (unpaired) electrons. The van der Waals surface area contributed by atoms with Gasteiger partial charge in [0.1, 0.15) is 9.84 Å². The summed E-state index contributed by atoms with van der Waals surface area (Å²) in [5.74, 6) is -0.585. The fourth-order valence-corrected chi connectivity index (χ4v) is 2.52. The monoisotopic (exact) mass is 314 g/mol. The standard InChI is InChI=1S/C14H22N2O4S/c1-21(19,20)8-7-13(15)14(18)16-12(10-17)9-11-5-3-2-4-6-11/h2-6,12-13,17H,7-10,15H2,1H3,(H,16,18)/t12-,13?/m0/s1. The van der Waals surface area contributed by atoms with Gasteiger partial charge in [-0.05, 0) is 18.4 Å². The van der Waals surface area contributed by atoms with Crippen LogP contribution in [0.4, 0.5) is 0 Å². The summed E-state index contributed by atoms with van der Waals surface area (Å²) in [6, 6.07) is 8.11. The van der Waals surface area contributed by atoms with Gasteiger partial charge in [-0.2, -0.15) is 0 Å². The molecule has 0 aliphatic heterocycles. The van der Waals surface area contributed by atoms with E-state index in [0.717, 1.165) is 11.8 Å². The van der Waals surface area contributed by atoms with E-state index in [-0.39, 0.29) is 18.8 Å². The zero-order valence-electron chi connectivity index (χ0n) is 12.0. The molecule has 0 aliphatic carbocycles. The number of hydrogen-bond acceptors (Lipinski definition) is 5. The second-order valence-corrected chi connectivity index (χ2v) is 7.36. The quantitative estimate of drug-likeness (QED) is 0.597. The first-order valence-electron chi connectivity index (χ1n) is 6.70. The Hall–Kier alpha value is -1.44. The Morgan fingerprint density at radius 2 is 1.95 bits per heavy atom. The summed E-state index contributed by atoms with van der Waals surface area (Å²) in [4.78, 5) is 11.9. The summed E-state index contributed by atoms with van der Waals surface area (Å²) < 4.78 is 22.1. The smallest absolute Gasteiger partial charge is 0.237 e. The number of aliphatic hydroxyl groups excluding tert-OH is 1. The van der Waals surface area contributed by atoms with Crippen LogP contribution in [0, 0.1) is 0 Å². The van der Waals surface area contributed by atoms with E-state index < -0.39 is 27.8 Å². The number of benzene rings is 1. The average molecular weight is 314 g/mol. The average Bonchev–Trinajstić information content (AvgIpc) is 2.44. The first-order valence-corrected chi connectivity index (χ1v) is 8.76. The molecule has 118 valence electrons. The van der Waals surface area contributed by atoms with Crippen LogP contribution in [0.15, 0.2) is 30.3 Å². The van der Waals surface area contributed by atoms with E-state index >= 15 is 0 Å². The maximum absolute atomic E-state index is 11.9. The van der Waals surface area contributed by atoms with Gasteiger partial charge in [-0.15, -0.1) is 0 Å². The normalized spacial score (nSPS) is 14.4. The summed E-state index contributed by atoms with van der Waals surface area (Å²) in [7, 11) is -3.14. The Bertz CT molecular complexity index is 545. The molecular weight excluding hydrogens is 292 g/mol. The predicted octanol–water partition coefficient (Wildman–Crippen LogP) is -0.532. The summed E-state index contributed by atoms with van der Waals surface area (Å²) in [6.07, 6.45) is 1.65. The van der Waals surface area contributed by atoms with Crippen molar-refractivity contribution in [2.24, 2.45) is 5.73 Å². The topological polar surface area (TPSA) is 109 Å². The van der Waals surface area contributed by atoms with Gasteiger partial charge in [-0.1, -0.05) is 30.3 Å². The highest BCUT2D eigenvalue weighted by atomic mass is 32.2. The Morgan fingerprint density at radius 1 is 1.33 bits per heavy atom. The van der Waals surface area contributed by atoms with E-state index in [1.165, 1.54) is 0 Å². The van der Waals surface area contributed by atoms with Crippen LogP contribution in [0.3, 0.4) is 0 Å². The van der Waals surface area contributed by atoms with Crippen LogP contribution in [0.5, 0.6) is 0 Å². The van der Waals surface area contributed by atoms with Gasteiger partial charge in [-0.25, -0.2) is 8.42 Å². The van der Waals surface area contributed by atoms with Crippen molar-refractivity contribution in [3.8, 4) is 0 Å². The zero-order chi connectivity index (χ0) is 15.9. The molecule has 0 fully saturated rings. The third kappa shape index (κ3) is 7.22. The Kier molecular flexibility index (Phi) is 6.80. The summed E-state index contributed by atoms with van der Waals surface area (Å²) in [6.45, 7) is -0.209. The zero-order valence-corrected chi connectivity index (χ0v) is 12.8. The number of nitrogens with one attached hydrogen (secondary N) is 1. The molecule has 4 N–H and O–H groups in total. The SMILES string of the molecule is CS(=O)(=O)CCC(N)C(=O)N[C@H](CO)Cc1ccccc1. The molecule has 0 aliphatic rings. The lowest BCUT2D eigenvalue weighted by Crippen LogP contribution is -2.48. The molecular formula is C14H22N2O4S. The second kappa shape index (κ2) is 8.11. The fraction of sp³-hybridized carbons (Fsp3) is 0.500. The highest BCUT2D eigenvalue weighted by molar-refractivity contribution is 7.90. The third-order valence-electron chi connectivity index (χ3n) is 3.03. The van der Waals surface area contributed by atoms with Gasteiger partial charge >= 0.3 is 0 Å². The van der Waals surface area contributed by atoms with Crippen LogP contribution in [0.25, 0.3) is 0 Å². The minimum atomic E-state index is -3.14. The van der Waals surface area contributed by atoms with Gasteiger partial charge < -0.3 is 16.2 Å². The first kappa shape index (κ1) is 17.6. The number of carbonyl (C=O) groups is 1. The second-order valence-electron chi connectivity index (χ2n) is 5.10. The van der Waals surface area contributed by atoms with Crippen molar-refractivity contribution in [1.29, 1.82) is 0 Å². The summed E-state index contributed by atoms with van der Waals surface area (Å²) in [5, 5.41) is 12.0. The van der Waals surface area contributed by atoms with Crippen LogP contribution >= 0.6 is 0 Å². The van der Waals surface area contributed by atoms with E-state index in [4.69, 9.17) is 5.73 Å². The molecule has 1 rings (SSSR count). The Balaban J connectivity index is 2.50. The van der Waals surface area contributed by atoms with Crippen LogP contribution in [-0.4, -0.2) is 50.1 Å². The molecule has 1 amide bonds. The van der Waals surface area contributed by atoms with Crippen LogP contribution in [0.1, 0.15) is 12.0 Å². The van der Waals surface area contributed by atoms with E-state index in [1.807, 2.05) is 30.3 Å². The highest BCUT2D eigenvalue weighted by Gasteiger charge is 2.19. The number of amides is 1. The first-order chi connectivity index (χ1) is 9.81. The van der Waals surface area contributed by atoms with E-state index in [1.54, 1.807) is 0 Å². The number of sulfone groups is 1. The lowest BCUT2D eigenvalue weighted by atomic mass is 10.1. The number of rotatable bonds is 8. The van der Waals surface area contributed by atoms with Gasteiger partial charge in [-0.3, -0.25) is 4.79 Å². The van der Waals surface area contributed by atoms with E-state index in [9.17, 15) is 18.3 Å². The third-order valence-corrected chi connectivity index (χ3v) is 4.01. The van der Waals surface area contributed by atoms with Crippen molar-refractivity contribution in [1.82, 2.24) is 5.32 Å². The number of nitrogens with two attached hydrogens (primary N) is 1. The van der Waals surface area contributed by atoms with Crippen molar-refractivity contribution >= 4 is 15.7 Å². The van der Waals surface area contributed by atoms with Gasteiger partial charge in [0.15, 0.2) is 0 Å². The van der Waals surface area contributed by atoms with Gasteiger partial charge in [0.2, 0.25) is 5.91 Å². The molecule has 0 saturated heterocycles. The molecule has 6 nitrogen and oxygen atoms in total. The van der Waals surface area contributed by atoms with Gasteiger partial charge in [0.25, 0.3) is 0 Å². The number of carbonyl (C=O) groups excluding carboxylic acids is 1. The number of hydrogen-bond donors (Lipinski definition) is 3. The molecule has 1 aromatic rings. The molecule has 0 heterocycles. The lowest BCUT2D eigenvalue weighted by molar-refractivity contribution is -0.123. The van der Waals surface area contributed by atoms with Crippen molar-refractivity contribution < 1.29 is 18.3 Å². The minimum absolute atomic E-state index is 0.0636. The molecule has 0 spiro atoms. The van der Waals surface area contributed by atoms with Gasteiger partial charge in [0.05, 0.1) is 24.4 Å². The summed E-state index contributed by atoms with van der Waals surface area (Å²) in [5.41, 5.74) is 6.65. The Morgan fingerprint density at radius 3 is 2.48 bits per heavy atom. The predicted molar refractivity (Wildman–Crippen MR) is 81.5 cm³/mol. The van der Waals surface area contributed by atoms with Crippen LogP contribution in [0.2, 0.25) is 0 Å². The molecule has 0 bridgehead atoms. The van der Waals surface area contributed by atoms with Crippen molar-refractivity contribution in [3.63, 3.8) is 0 Å². The molecule has 0 aromatic heterocycles. The van der Waals surface area contributed by atoms with Crippen molar-refractivity contribution in [3.05, 3.63) is 35.9 Å². The number of aliphatic hydroxyl groups is 1. The molecule has 0 saturated carbocycles. The van der Waals surface area contributed by atoms with E-state index in [0.29, 0.717) is 6.42 Å². The maximum atomic E-state index is 11.9. The highest BCUT2D eigenvalue weighted by Crippen LogP contribution is 2.03. The lowest BCUT2D eigenvalue weighted by Gasteiger charge is -2.19.